The number of hydrogen-bond donors (Lipinski definition) is 0. The molecule has 1 aliphatic rings. The molecule has 4 rings (SSSR count). The number of nitrogens with zero attached hydrogens (tertiary/aromatic N) is 4. The SMILES string of the molecule is COc1cc(OC)cc(C(=O)N2CCN(c3nccc(-c4cccc(C(F)(F)F)c4)n3)CC2)c1. The minimum absolute atomic E-state index is 0.143. The number of aromatic nitrogens is 2. The summed E-state index contributed by atoms with van der Waals surface area (Å²) in [6, 6.07) is 11.7. The lowest BCUT2D eigenvalue weighted by Gasteiger charge is -2.35. The minimum atomic E-state index is -4.43. The molecule has 2 aromatic carbocycles. The van der Waals surface area contributed by atoms with Crippen LogP contribution in [0.3, 0.4) is 0 Å². The standard InChI is InChI=1S/C24H23F3N4O3/c1-33-19-13-17(14-20(15-19)34-2)22(32)30-8-10-31(11-9-30)23-28-7-6-21(29-23)16-4-3-5-18(12-16)24(25,26)27/h3-7,12-15H,8-11H2,1-2H3. The lowest BCUT2D eigenvalue weighted by molar-refractivity contribution is -0.137. The van der Waals surface area contributed by atoms with Crippen molar-refractivity contribution < 1.29 is 27.4 Å². The highest BCUT2D eigenvalue weighted by atomic mass is 19.4. The minimum Gasteiger partial charge on any atom is -0.497 e. The number of rotatable bonds is 5. The molecular formula is C24H23F3N4O3. The van der Waals surface area contributed by atoms with E-state index in [1.54, 1.807) is 35.2 Å². The van der Waals surface area contributed by atoms with Gasteiger partial charge in [-0.2, -0.15) is 13.2 Å². The van der Waals surface area contributed by atoms with Crippen molar-refractivity contribution in [3.8, 4) is 22.8 Å². The number of alkyl halides is 3. The number of benzene rings is 2. The van der Waals surface area contributed by atoms with Crippen LogP contribution in [0.5, 0.6) is 11.5 Å². The molecule has 1 aliphatic heterocycles. The van der Waals surface area contributed by atoms with Crippen LogP contribution in [0.2, 0.25) is 0 Å². The molecule has 0 aliphatic carbocycles. The number of carbonyl (C=O) groups excluding carboxylic acids is 1. The highest BCUT2D eigenvalue weighted by Crippen LogP contribution is 2.32. The zero-order chi connectivity index (χ0) is 24.3. The first kappa shape index (κ1) is 23.3. The summed E-state index contributed by atoms with van der Waals surface area (Å²) in [5.41, 5.74) is 0.497. The van der Waals surface area contributed by atoms with Gasteiger partial charge in [0, 0.05) is 49.6 Å². The third kappa shape index (κ3) is 5.05. The van der Waals surface area contributed by atoms with Crippen LogP contribution in [0.1, 0.15) is 15.9 Å². The average molecular weight is 472 g/mol. The Morgan fingerprint density at radius 3 is 2.24 bits per heavy atom. The highest BCUT2D eigenvalue weighted by molar-refractivity contribution is 5.95. The van der Waals surface area contributed by atoms with Gasteiger partial charge in [-0.15, -0.1) is 0 Å². The maximum Gasteiger partial charge on any atom is 0.416 e. The van der Waals surface area contributed by atoms with E-state index >= 15 is 0 Å². The largest absolute Gasteiger partial charge is 0.497 e. The number of carbonyl (C=O) groups is 1. The zero-order valence-corrected chi connectivity index (χ0v) is 18.7. The third-order valence-corrected chi connectivity index (χ3v) is 5.58. The molecule has 10 heteroatoms. The van der Waals surface area contributed by atoms with Gasteiger partial charge in [0.2, 0.25) is 5.95 Å². The molecule has 0 radical (unpaired) electrons. The summed E-state index contributed by atoms with van der Waals surface area (Å²) in [5.74, 6) is 1.32. The van der Waals surface area contributed by atoms with Gasteiger partial charge in [0.15, 0.2) is 0 Å². The third-order valence-electron chi connectivity index (χ3n) is 5.58. The van der Waals surface area contributed by atoms with Crippen LogP contribution in [-0.4, -0.2) is 61.2 Å². The molecule has 34 heavy (non-hydrogen) atoms. The Balaban J connectivity index is 1.47. The molecule has 0 saturated carbocycles. The monoisotopic (exact) mass is 472 g/mol. The van der Waals surface area contributed by atoms with E-state index in [9.17, 15) is 18.0 Å². The molecule has 178 valence electrons. The number of methoxy groups -OCH3 is 2. The van der Waals surface area contributed by atoms with Crippen molar-refractivity contribution in [2.45, 2.75) is 6.18 Å². The molecule has 7 nitrogen and oxygen atoms in total. The van der Waals surface area contributed by atoms with Crippen molar-refractivity contribution in [1.29, 1.82) is 0 Å². The van der Waals surface area contributed by atoms with Gasteiger partial charge in [-0.05, 0) is 30.3 Å². The summed E-state index contributed by atoms with van der Waals surface area (Å²) < 4.78 is 49.7. The van der Waals surface area contributed by atoms with Crippen LogP contribution in [0.4, 0.5) is 19.1 Å². The molecule has 0 unspecified atom stereocenters. The molecule has 0 N–H and O–H groups in total. The molecule has 3 aromatic rings. The van der Waals surface area contributed by atoms with E-state index in [1.807, 2.05) is 4.90 Å². The van der Waals surface area contributed by atoms with Crippen LogP contribution in [0.25, 0.3) is 11.3 Å². The van der Waals surface area contributed by atoms with Gasteiger partial charge in [0.1, 0.15) is 11.5 Å². The molecule has 1 aromatic heterocycles. The van der Waals surface area contributed by atoms with Gasteiger partial charge in [-0.3, -0.25) is 4.79 Å². The van der Waals surface area contributed by atoms with E-state index in [2.05, 4.69) is 9.97 Å². The molecule has 0 spiro atoms. The predicted octanol–water partition coefficient (Wildman–Crippen LogP) is 4.14. The Hall–Kier alpha value is -3.82. The first-order valence-corrected chi connectivity index (χ1v) is 10.6. The topological polar surface area (TPSA) is 67.8 Å². The Morgan fingerprint density at radius 2 is 1.62 bits per heavy atom. The number of hydrogen-bond acceptors (Lipinski definition) is 6. The van der Waals surface area contributed by atoms with Crippen LogP contribution in [0, 0.1) is 0 Å². The van der Waals surface area contributed by atoms with E-state index in [0.29, 0.717) is 60.4 Å². The summed E-state index contributed by atoms with van der Waals surface area (Å²) in [6.45, 7) is 1.85. The number of ether oxygens (including phenoxy) is 2. The van der Waals surface area contributed by atoms with Crippen molar-refractivity contribution >= 4 is 11.9 Å². The van der Waals surface area contributed by atoms with Crippen molar-refractivity contribution in [2.75, 3.05) is 45.3 Å². The number of halogens is 3. The van der Waals surface area contributed by atoms with E-state index < -0.39 is 11.7 Å². The smallest absolute Gasteiger partial charge is 0.416 e. The molecule has 2 heterocycles. The van der Waals surface area contributed by atoms with Gasteiger partial charge in [-0.1, -0.05) is 12.1 Å². The Morgan fingerprint density at radius 1 is 0.941 bits per heavy atom. The quantitative estimate of drug-likeness (QED) is 0.556. The summed E-state index contributed by atoms with van der Waals surface area (Å²) in [6.07, 6.45) is -2.90. The lowest BCUT2D eigenvalue weighted by atomic mass is 10.1. The molecule has 1 fully saturated rings. The summed E-state index contributed by atoms with van der Waals surface area (Å²) in [7, 11) is 3.05. The fourth-order valence-electron chi connectivity index (χ4n) is 3.74. The van der Waals surface area contributed by atoms with E-state index in [4.69, 9.17) is 9.47 Å². The number of piperazine rings is 1. The van der Waals surface area contributed by atoms with E-state index in [-0.39, 0.29) is 5.91 Å². The Labute approximate surface area is 194 Å². The first-order chi connectivity index (χ1) is 16.3. The molecule has 0 atom stereocenters. The van der Waals surface area contributed by atoms with Crippen LogP contribution >= 0.6 is 0 Å². The Bertz CT molecular complexity index is 1160. The second-order valence-electron chi connectivity index (χ2n) is 7.70. The van der Waals surface area contributed by atoms with Gasteiger partial charge < -0.3 is 19.3 Å². The van der Waals surface area contributed by atoms with E-state index in [1.165, 1.54) is 26.5 Å². The fourth-order valence-corrected chi connectivity index (χ4v) is 3.74. The molecule has 0 bridgehead atoms. The predicted molar refractivity (Wildman–Crippen MR) is 120 cm³/mol. The fraction of sp³-hybridized carbons (Fsp3) is 0.292. The zero-order valence-electron chi connectivity index (χ0n) is 18.7. The Kier molecular flexibility index (Phi) is 6.58. The lowest BCUT2D eigenvalue weighted by Crippen LogP contribution is -2.49. The van der Waals surface area contributed by atoms with Crippen molar-refractivity contribution in [1.82, 2.24) is 14.9 Å². The highest BCUT2D eigenvalue weighted by Gasteiger charge is 2.30. The van der Waals surface area contributed by atoms with Crippen molar-refractivity contribution in [3.05, 3.63) is 65.9 Å². The van der Waals surface area contributed by atoms with Gasteiger partial charge in [0.25, 0.3) is 5.91 Å². The normalized spacial score (nSPS) is 14.1. The van der Waals surface area contributed by atoms with Crippen LogP contribution < -0.4 is 14.4 Å². The molecular weight excluding hydrogens is 449 g/mol. The average Bonchev–Trinajstić information content (AvgIpc) is 2.87. The summed E-state index contributed by atoms with van der Waals surface area (Å²) in [5, 5.41) is 0. The van der Waals surface area contributed by atoms with E-state index in [0.717, 1.165) is 12.1 Å². The second-order valence-corrected chi connectivity index (χ2v) is 7.70. The first-order valence-electron chi connectivity index (χ1n) is 10.6. The van der Waals surface area contributed by atoms with Gasteiger partial charge in [-0.25, -0.2) is 9.97 Å². The molecule has 1 saturated heterocycles. The van der Waals surface area contributed by atoms with Crippen LogP contribution in [-0.2, 0) is 6.18 Å². The number of amides is 1. The summed E-state index contributed by atoms with van der Waals surface area (Å²) in [4.78, 5) is 25.4. The second kappa shape index (κ2) is 9.58. The maximum atomic E-state index is 13.1. The maximum absolute atomic E-state index is 13.1. The summed E-state index contributed by atoms with van der Waals surface area (Å²) >= 11 is 0. The van der Waals surface area contributed by atoms with Crippen molar-refractivity contribution in [3.63, 3.8) is 0 Å². The van der Waals surface area contributed by atoms with Gasteiger partial charge >= 0.3 is 6.18 Å². The van der Waals surface area contributed by atoms with Gasteiger partial charge in [0.05, 0.1) is 25.5 Å². The van der Waals surface area contributed by atoms with Crippen molar-refractivity contribution in [2.24, 2.45) is 0 Å². The number of anilines is 1. The van der Waals surface area contributed by atoms with Crippen LogP contribution in [0.15, 0.2) is 54.7 Å². The molecule has 1 amide bonds.